The van der Waals surface area contributed by atoms with E-state index in [1.54, 1.807) is 0 Å². The fourth-order valence-corrected chi connectivity index (χ4v) is 3.76. The van der Waals surface area contributed by atoms with Crippen molar-refractivity contribution in [2.75, 3.05) is 42.9 Å². The molecule has 0 atom stereocenters. The predicted octanol–water partition coefficient (Wildman–Crippen LogP) is 3.03. The van der Waals surface area contributed by atoms with Gasteiger partial charge in [0.15, 0.2) is 0 Å². The van der Waals surface area contributed by atoms with Crippen LogP contribution < -0.4 is 15.8 Å². The van der Waals surface area contributed by atoms with Crippen molar-refractivity contribution >= 4 is 17.3 Å². The zero-order valence-electron chi connectivity index (χ0n) is 17.3. The van der Waals surface area contributed by atoms with Crippen LogP contribution in [0.3, 0.4) is 0 Å². The van der Waals surface area contributed by atoms with Crippen LogP contribution in [-0.2, 0) is 6.42 Å². The molecule has 1 aromatic heterocycles. The molecule has 7 nitrogen and oxygen atoms in total. The number of piperazine rings is 1. The topological polar surface area (TPSA) is 77.2 Å². The van der Waals surface area contributed by atoms with Gasteiger partial charge in [0.25, 0.3) is 5.56 Å². The van der Waals surface area contributed by atoms with Crippen LogP contribution in [-0.4, -0.2) is 52.8 Å². The van der Waals surface area contributed by atoms with Gasteiger partial charge in [-0.05, 0) is 42.8 Å². The number of nitrogens with one attached hydrogen (secondary N) is 2. The quantitative estimate of drug-likeness (QED) is 0.630. The van der Waals surface area contributed by atoms with Gasteiger partial charge in [0.2, 0.25) is 5.95 Å². The summed E-state index contributed by atoms with van der Waals surface area (Å²) in [5, 5.41) is 11.4. The number of benzene rings is 2. The Morgan fingerprint density at radius 2 is 1.70 bits per heavy atom. The number of anilines is 3. The van der Waals surface area contributed by atoms with Gasteiger partial charge < -0.3 is 10.2 Å². The number of nitrogens with zero attached hydrogens (tertiary/aromatic N) is 4. The standard InChI is InChI=1S/C23H28N6O/c1-2-12-28-13-15-29(16-14-28)20-10-8-19(9-11-20)24-23-25-22(30)21(26-27-23)17-18-6-4-3-5-7-18/h3-11H,2,12-17H2,1H3,(H2,24,25,27,30). The molecule has 1 saturated heterocycles. The van der Waals surface area contributed by atoms with Crippen LogP contribution in [0.4, 0.5) is 17.3 Å². The van der Waals surface area contributed by atoms with Gasteiger partial charge in [0, 0.05) is 44.0 Å². The molecule has 156 valence electrons. The molecule has 7 heteroatoms. The van der Waals surface area contributed by atoms with Gasteiger partial charge in [-0.1, -0.05) is 37.3 Å². The molecule has 0 saturated carbocycles. The van der Waals surface area contributed by atoms with Gasteiger partial charge in [-0.3, -0.25) is 14.7 Å². The number of hydrogen-bond acceptors (Lipinski definition) is 6. The van der Waals surface area contributed by atoms with Crippen molar-refractivity contribution in [3.05, 3.63) is 76.2 Å². The maximum Gasteiger partial charge on any atom is 0.274 e. The van der Waals surface area contributed by atoms with Crippen LogP contribution in [0.5, 0.6) is 0 Å². The lowest BCUT2D eigenvalue weighted by molar-refractivity contribution is 0.258. The highest BCUT2D eigenvalue weighted by atomic mass is 16.1. The van der Waals surface area contributed by atoms with Crippen LogP contribution in [0, 0.1) is 0 Å². The molecule has 0 bridgehead atoms. The van der Waals surface area contributed by atoms with E-state index in [-0.39, 0.29) is 5.56 Å². The summed E-state index contributed by atoms with van der Waals surface area (Å²) in [6.07, 6.45) is 1.67. The minimum atomic E-state index is -0.224. The number of aromatic amines is 1. The fourth-order valence-electron chi connectivity index (χ4n) is 3.76. The number of rotatable bonds is 7. The summed E-state index contributed by atoms with van der Waals surface area (Å²) >= 11 is 0. The van der Waals surface area contributed by atoms with Gasteiger partial charge in [0.05, 0.1) is 0 Å². The molecular weight excluding hydrogens is 376 g/mol. The first-order chi connectivity index (χ1) is 14.7. The van der Waals surface area contributed by atoms with E-state index in [9.17, 15) is 4.79 Å². The largest absolute Gasteiger partial charge is 0.369 e. The summed E-state index contributed by atoms with van der Waals surface area (Å²) in [7, 11) is 0. The van der Waals surface area contributed by atoms with Crippen molar-refractivity contribution in [1.29, 1.82) is 0 Å². The molecule has 2 aromatic carbocycles. The third kappa shape index (κ3) is 5.04. The SMILES string of the molecule is CCCN1CCN(c2ccc(Nc3nnc(Cc4ccccc4)c(=O)[nH]3)cc2)CC1. The summed E-state index contributed by atoms with van der Waals surface area (Å²) in [6.45, 7) is 7.73. The molecular formula is C23H28N6O. The maximum atomic E-state index is 12.4. The molecule has 0 amide bonds. The van der Waals surface area contributed by atoms with E-state index in [0.29, 0.717) is 18.1 Å². The van der Waals surface area contributed by atoms with Gasteiger partial charge in [-0.25, -0.2) is 0 Å². The average molecular weight is 405 g/mol. The molecule has 0 unspecified atom stereocenters. The first kappa shape index (κ1) is 20.1. The molecule has 1 fully saturated rings. The molecule has 0 spiro atoms. The third-order valence-electron chi connectivity index (χ3n) is 5.39. The highest BCUT2D eigenvalue weighted by molar-refractivity contribution is 5.59. The van der Waals surface area contributed by atoms with E-state index in [4.69, 9.17) is 0 Å². The summed E-state index contributed by atoms with van der Waals surface area (Å²) < 4.78 is 0. The second-order valence-electron chi connectivity index (χ2n) is 7.61. The second-order valence-corrected chi connectivity index (χ2v) is 7.61. The summed E-state index contributed by atoms with van der Waals surface area (Å²) in [5.74, 6) is 0.345. The van der Waals surface area contributed by atoms with Crippen molar-refractivity contribution in [2.24, 2.45) is 0 Å². The Hall–Kier alpha value is -3.19. The molecule has 0 radical (unpaired) electrons. The van der Waals surface area contributed by atoms with Gasteiger partial charge in [0.1, 0.15) is 5.69 Å². The van der Waals surface area contributed by atoms with Crippen molar-refractivity contribution < 1.29 is 0 Å². The van der Waals surface area contributed by atoms with Crippen molar-refractivity contribution in [3.63, 3.8) is 0 Å². The fraction of sp³-hybridized carbons (Fsp3) is 0.348. The zero-order valence-corrected chi connectivity index (χ0v) is 17.3. The Bertz CT molecular complexity index is 994. The number of aromatic nitrogens is 3. The Kier molecular flexibility index (Phi) is 6.39. The van der Waals surface area contributed by atoms with E-state index in [1.165, 1.54) is 18.7 Å². The lowest BCUT2D eigenvalue weighted by Gasteiger charge is -2.36. The van der Waals surface area contributed by atoms with Crippen LogP contribution in [0.25, 0.3) is 0 Å². The van der Waals surface area contributed by atoms with Crippen molar-refractivity contribution in [1.82, 2.24) is 20.1 Å². The Balaban J connectivity index is 1.36. The Morgan fingerprint density at radius 3 is 2.37 bits per heavy atom. The van der Waals surface area contributed by atoms with Crippen LogP contribution in [0.2, 0.25) is 0 Å². The molecule has 1 aliphatic rings. The molecule has 30 heavy (non-hydrogen) atoms. The Labute approximate surface area is 176 Å². The zero-order chi connectivity index (χ0) is 20.8. The van der Waals surface area contributed by atoms with Crippen molar-refractivity contribution in [2.45, 2.75) is 19.8 Å². The molecule has 1 aliphatic heterocycles. The highest BCUT2D eigenvalue weighted by Crippen LogP contribution is 2.21. The van der Waals surface area contributed by atoms with E-state index in [0.717, 1.165) is 37.4 Å². The van der Waals surface area contributed by atoms with Crippen LogP contribution in [0.1, 0.15) is 24.6 Å². The number of hydrogen-bond donors (Lipinski definition) is 2. The van der Waals surface area contributed by atoms with Crippen molar-refractivity contribution in [3.8, 4) is 0 Å². The lowest BCUT2D eigenvalue weighted by Crippen LogP contribution is -2.46. The molecule has 0 aliphatic carbocycles. The third-order valence-corrected chi connectivity index (χ3v) is 5.39. The van der Waals surface area contributed by atoms with Crippen LogP contribution >= 0.6 is 0 Å². The molecule has 3 aromatic rings. The van der Waals surface area contributed by atoms with Crippen LogP contribution in [0.15, 0.2) is 59.4 Å². The maximum absolute atomic E-state index is 12.4. The van der Waals surface area contributed by atoms with E-state index >= 15 is 0 Å². The predicted molar refractivity (Wildman–Crippen MR) is 121 cm³/mol. The first-order valence-corrected chi connectivity index (χ1v) is 10.6. The highest BCUT2D eigenvalue weighted by Gasteiger charge is 2.16. The van der Waals surface area contributed by atoms with E-state index in [2.05, 4.69) is 49.4 Å². The molecule has 2 heterocycles. The molecule has 4 rings (SSSR count). The lowest BCUT2D eigenvalue weighted by atomic mass is 10.1. The average Bonchev–Trinajstić information content (AvgIpc) is 2.78. The summed E-state index contributed by atoms with van der Waals surface area (Å²) in [5.41, 5.74) is 3.30. The minimum absolute atomic E-state index is 0.224. The monoisotopic (exact) mass is 404 g/mol. The Morgan fingerprint density at radius 1 is 0.967 bits per heavy atom. The molecule has 2 N–H and O–H groups in total. The minimum Gasteiger partial charge on any atom is -0.369 e. The normalized spacial score (nSPS) is 14.6. The summed E-state index contributed by atoms with van der Waals surface area (Å²) in [4.78, 5) is 20.1. The summed E-state index contributed by atoms with van der Waals surface area (Å²) in [6, 6.07) is 18.0. The number of H-pyrrole nitrogens is 1. The van der Waals surface area contributed by atoms with Gasteiger partial charge in [-0.15, -0.1) is 10.2 Å². The van der Waals surface area contributed by atoms with E-state index < -0.39 is 0 Å². The van der Waals surface area contributed by atoms with E-state index in [1.807, 2.05) is 42.5 Å². The second kappa shape index (κ2) is 9.54. The smallest absolute Gasteiger partial charge is 0.274 e. The van der Waals surface area contributed by atoms with Gasteiger partial charge in [-0.2, -0.15) is 0 Å². The van der Waals surface area contributed by atoms with Gasteiger partial charge >= 0.3 is 0 Å². The first-order valence-electron chi connectivity index (χ1n) is 10.6.